The number of nitrogens with zero attached hydrogens (tertiary/aromatic N) is 3. The molecule has 3 rings (SSSR count). The van der Waals surface area contributed by atoms with Crippen LogP contribution in [0.3, 0.4) is 0 Å². The van der Waals surface area contributed by atoms with E-state index in [1.165, 1.54) is 11.3 Å². The zero-order chi connectivity index (χ0) is 18.6. The molecule has 0 aromatic heterocycles. The van der Waals surface area contributed by atoms with Gasteiger partial charge in [-0.15, -0.1) is 0 Å². The van der Waals surface area contributed by atoms with E-state index < -0.39 is 5.60 Å². The second-order valence-electron chi connectivity index (χ2n) is 8.01. The van der Waals surface area contributed by atoms with Crippen LogP contribution < -0.4 is 4.90 Å². The number of piperazine rings is 1. The highest BCUT2D eigenvalue weighted by molar-refractivity contribution is 5.68. The van der Waals surface area contributed by atoms with Gasteiger partial charge in [0.1, 0.15) is 5.60 Å². The summed E-state index contributed by atoms with van der Waals surface area (Å²) in [5.41, 5.74) is 2.12. The molecule has 2 aliphatic heterocycles. The fourth-order valence-corrected chi connectivity index (χ4v) is 3.30. The number of hydrogen-bond acceptors (Lipinski definition) is 5. The van der Waals surface area contributed by atoms with E-state index in [-0.39, 0.29) is 6.09 Å². The molecule has 0 unspecified atom stereocenters. The Morgan fingerprint density at radius 2 is 1.62 bits per heavy atom. The van der Waals surface area contributed by atoms with Crippen molar-refractivity contribution in [3.8, 4) is 0 Å². The molecule has 6 heteroatoms. The van der Waals surface area contributed by atoms with Crippen molar-refractivity contribution >= 4 is 11.8 Å². The van der Waals surface area contributed by atoms with Gasteiger partial charge in [-0.3, -0.25) is 4.90 Å². The highest BCUT2D eigenvalue weighted by Crippen LogP contribution is 2.19. The molecule has 26 heavy (non-hydrogen) atoms. The second kappa shape index (κ2) is 8.27. The standard InChI is InChI=1S/C20H31N3O3/c1-20(2,3)26-19(24)23-10-8-22(9-11-23)18-6-4-17(5-7-18)16-21-12-14-25-15-13-21/h4-7H,8-16H2,1-3H3. The second-order valence-corrected chi connectivity index (χ2v) is 8.01. The van der Waals surface area contributed by atoms with Crippen LogP contribution in [0.2, 0.25) is 0 Å². The maximum Gasteiger partial charge on any atom is 0.410 e. The number of anilines is 1. The van der Waals surface area contributed by atoms with Crippen LogP contribution in [-0.2, 0) is 16.0 Å². The molecule has 1 amide bonds. The van der Waals surface area contributed by atoms with Crippen LogP contribution in [-0.4, -0.2) is 74.0 Å². The van der Waals surface area contributed by atoms with Gasteiger partial charge in [0.15, 0.2) is 0 Å². The van der Waals surface area contributed by atoms with Crippen molar-refractivity contribution in [1.29, 1.82) is 0 Å². The van der Waals surface area contributed by atoms with E-state index >= 15 is 0 Å². The molecule has 0 aliphatic carbocycles. The Morgan fingerprint density at radius 3 is 2.19 bits per heavy atom. The Balaban J connectivity index is 1.49. The largest absolute Gasteiger partial charge is 0.444 e. The molecule has 2 fully saturated rings. The summed E-state index contributed by atoms with van der Waals surface area (Å²) in [6.45, 7) is 13.4. The molecule has 0 atom stereocenters. The van der Waals surface area contributed by atoms with Crippen molar-refractivity contribution in [3.63, 3.8) is 0 Å². The van der Waals surface area contributed by atoms with E-state index in [4.69, 9.17) is 9.47 Å². The molecule has 1 aromatic carbocycles. The first-order valence-corrected chi connectivity index (χ1v) is 9.53. The van der Waals surface area contributed by atoms with E-state index in [1.54, 1.807) is 4.90 Å². The van der Waals surface area contributed by atoms with Crippen molar-refractivity contribution in [3.05, 3.63) is 29.8 Å². The third kappa shape index (κ3) is 5.35. The van der Waals surface area contributed by atoms with Gasteiger partial charge >= 0.3 is 6.09 Å². The van der Waals surface area contributed by atoms with E-state index in [1.807, 2.05) is 20.8 Å². The van der Waals surface area contributed by atoms with Gasteiger partial charge < -0.3 is 19.3 Å². The number of ether oxygens (including phenoxy) is 2. The summed E-state index contributed by atoms with van der Waals surface area (Å²) in [7, 11) is 0. The first-order chi connectivity index (χ1) is 12.4. The van der Waals surface area contributed by atoms with E-state index in [0.717, 1.165) is 45.9 Å². The van der Waals surface area contributed by atoms with Gasteiger partial charge in [0.25, 0.3) is 0 Å². The van der Waals surface area contributed by atoms with Crippen LogP contribution in [0.5, 0.6) is 0 Å². The number of benzene rings is 1. The molecule has 1 aromatic rings. The fraction of sp³-hybridized carbons (Fsp3) is 0.650. The summed E-state index contributed by atoms with van der Waals surface area (Å²) < 4.78 is 10.9. The van der Waals surface area contributed by atoms with Gasteiger partial charge in [0.2, 0.25) is 0 Å². The minimum absolute atomic E-state index is 0.210. The van der Waals surface area contributed by atoms with E-state index in [0.29, 0.717) is 13.1 Å². The molecule has 144 valence electrons. The fourth-order valence-electron chi connectivity index (χ4n) is 3.30. The lowest BCUT2D eigenvalue weighted by Gasteiger charge is -2.36. The van der Waals surface area contributed by atoms with E-state index in [9.17, 15) is 4.79 Å². The Kier molecular flexibility index (Phi) is 6.04. The van der Waals surface area contributed by atoms with Gasteiger partial charge in [-0.05, 0) is 38.5 Å². The molecule has 2 heterocycles. The highest BCUT2D eigenvalue weighted by Gasteiger charge is 2.25. The van der Waals surface area contributed by atoms with Gasteiger partial charge in [0, 0.05) is 51.5 Å². The van der Waals surface area contributed by atoms with Crippen molar-refractivity contribution in [2.75, 3.05) is 57.4 Å². The number of rotatable bonds is 3. The summed E-state index contributed by atoms with van der Waals surface area (Å²) in [6, 6.07) is 8.81. The third-order valence-corrected chi connectivity index (χ3v) is 4.74. The van der Waals surface area contributed by atoms with Crippen LogP contribution in [0.25, 0.3) is 0 Å². The van der Waals surface area contributed by atoms with Crippen LogP contribution in [0.15, 0.2) is 24.3 Å². The van der Waals surface area contributed by atoms with Crippen molar-refractivity contribution in [2.24, 2.45) is 0 Å². The van der Waals surface area contributed by atoms with E-state index in [2.05, 4.69) is 34.1 Å². The van der Waals surface area contributed by atoms with Crippen molar-refractivity contribution < 1.29 is 14.3 Å². The molecule has 0 spiro atoms. The topological polar surface area (TPSA) is 45.2 Å². The summed E-state index contributed by atoms with van der Waals surface area (Å²) in [5, 5.41) is 0. The SMILES string of the molecule is CC(C)(C)OC(=O)N1CCN(c2ccc(CN3CCOCC3)cc2)CC1. The normalized spacial score (nSPS) is 19.5. The molecule has 0 radical (unpaired) electrons. The van der Waals surface area contributed by atoms with Crippen molar-refractivity contribution in [1.82, 2.24) is 9.80 Å². The van der Waals surface area contributed by atoms with Gasteiger partial charge in [-0.2, -0.15) is 0 Å². The smallest absolute Gasteiger partial charge is 0.410 e. The Labute approximate surface area is 156 Å². The molecule has 2 saturated heterocycles. The van der Waals surface area contributed by atoms with Crippen LogP contribution in [0.4, 0.5) is 10.5 Å². The van der Waals surface area contributed by atoms with Crippen LogP contribution in [0, 0.1) is 0 Å². The maximum atomic E-state index is 12.2. The minimum atomic E-state index is -0.440. The number of carbonyl (C=O) groups excluding carboxylic acids is 1. The molecule has 0 saturated carbocycles. The molecular formula is C20H31N3O3. The van der Waals surface area contributed by atoms with Crippen molar-refractivity contribution in [2.45, 2.75) is 32.9 Å². The summed E-state index contributed by atoms with van der Waals surface area (Å²) >= 11 is 0. The van der Waals surface area contributed by atoms with Gasteiger partial charge in [-0.25, -0.2) is 4.79 Å². The number of hydrogen-bond donors (Lipinski definition) is 0. The Hall–Kier alpha value is -1.79. The first kappa shape index (κ1) is 19.0. The van der Waals surface area contributed by atoms with Crippen LogP contribution in [0.1, 0.15) is 26.3 Å². The Bertz CT molecular complexity index is 583. The summed E-state index contributed by atoms with van der Waals surface area (Å²) in [4.78, 5) is 18.7. The lowest BCUT2D eigenvalue weighted by Crippen LogP contribution is -2.50. The predicted octanol–water partition coefficient (Wildman–Crippen LogP) is 2.58. The molecule has 6 nitrogen and oxygen atoms in total. The van der Waals surface area contributed by atoms with Crippen LogP contribution >= 0.6 is 0 Å². The molecule has 0 N–H and O–H groups in total. The first-order valence-electron chi connectivity index (χ1n) is 9.53. The maximum absolute atomic E-state index is 12.2. The Morgan fingerprint density at radius 1 is 1.00 bits per heavy atom. The number of carbonyl (C=O) groups is 1. The summed E-state index contributed by atoms with van der Waals surface area (Å²) in [6.07, 6.45) is -0.210. The molecule has 0 bridgehead atoms. The number of morpholine rings is 1. The number of amides is 1. The zero-order valence-electron chi connectivity index (χ0n) is 16.2. The predicted molar refractivity (Wildman–Crippen MR) is 103 cm³/mol. The highest BCUT2D eigenvalue weighted by atomic mass is 16.6. The monoisotopic (exact) mass is 361 g/mol. The lowest BCUT2D eigenvalue weighted by molar-refractivity contribution is 0.0240. The summed E-state index contributed by atoms with van der Waals surface area (Å²) in [5.74, 6) is 0. The zero-order valence-corrected chi connectivity index (χ0v) is 16.2. The average molecular weight is 361 g/mol. The molecular weight excluding hydrogens is 330 g/mol. The average Bonchev–Trinajstić information content (AvgIpc) is 2.62. The van der Waals surface area contributed by atoms with Gasteiger partial charge in [-0.1, -0.05) is 12.1 Å². The quantitative estimate of drug-likeness (QED) is 0.828. The molecule has 2 aliphatic rings. The van der Waals surface area contributed by atoms with Gasteiger partial charge in [0.05, 0.1) is 13.2 Å². The third-order valence-electron chi connectivity index (χ3n) is 4.74. The lowest BCUT2D eigenvalue weighted by atomic mass is 10.1. The minimum Gasteiger partial charge on any atom is -0.444 e.